The molecule has 0 amide bonds. The third-order valence-electron chi connectivity index (χ3n) is 7.86. The SMILES string of the molecule is COc1ccc(CN(c2cccc(F)n2)S(=O)(=O)c2cc(C=N)c(N[C@H](C)c3cccc4c3CNCC4)cc2C)c(OC)c1. The molecule has 230 valence electrons. The van der Waals surface area contributed by atoms with Crippen molar-refractivity contribution in [3.63, 3.8) is 0 Å². The summed E-state index contributed by atoms with van der Waals surface area (Å²) in [6.45, 7) is 5.30. The summed E-state index contributed by atoms with van der Waals surface area (Å²) in [4.78, 5) is 3.88. The maximum Gasteiger partial charge on any atom is 0.266 e. The number of sulfonamides is 1. The molecule has 0 saturated carbocycles. The first-order chi connectivity index (χ1) is 21.2. The first-order valence-electron chi connectivity index (χ1n) is 14.3. The number of pyridine rings is 1. The van der Waals surface area contributed by atoms with E-state index >= 15 is 0 Å². The molecular weight excluding hydrogens is 581 g/mol. The van der Waals surface area contributed by atoms with Gasteiger partial charge in [-0.1, -0.05) is 24.3 Å². The Balaban J connectivity index is 1.54. The number of rotatable bonds is 11. The zero-order chi connectivity index (χ0) is 31.4. The Kier molecular flexibility index (Phi) is 9.17. The zero-order valence-corrected chi connectivity index (χ0v) is 26.0. The number of anilines is 2. The first-order valence-corrected chi connectivity index (χ1v) is 15.7. The fourth-order valence-corrected chi connectivity index (χ4v) is 7.20. The fraction of sp³-hybridized carbons (Fsp3) is 0.273. The number of hydrogen-bond donors (Lipinski definition) is 3. The summed E-state index contributed by atoms with van der Waals surface area (Å²) in [5.74, 6) is 0.0507. The van der Waals surface area contributed by atoms with Crippen molar-refractivity contribution in [1.29, 1.82) is 5.41 Å². The highest BCUT2D eigenvalue weighted by Crippen LogP contribution is 2.34. The Morgan fingerprint density at radius 2 is 1.91 bits per heavy atom. The molecule has 3 aromatic carbocycles. The molecule has 0 fully saturated rings. The van der Waals surface area contributed by atoms with Crippen LogP contribution in [0.25, 0.3) is 0 Å². The van der Waals surface area contributed by atoms with Gasteiger partial charge in [-0.25, -0.2) is 17.7 Å². The van der Waals surface area contributed by atoms with Crippen molar-refractivity contribution in [2.75, 3.05) is 30.4 Å². The summed E-state index contributed by atoms with van der Waals surface area (Å²) in [5, 5.41) is 15.1. The van der Waals surface area contributed by atoms with Crippen molar-refractivity contribution in [1.82, 2.24) is 10.3 Å². The standard InChI is InChI=1S/C33H36FN5O4S/c1-21-15-29(37-22(2)27-8-5-7-23-13-14-36-19-28(23)27)25(18-35)16-31(21)44(40,41)39(33-10-6-9-32(34)38-33)20-24-11-12-26(42-3)17-30(24)43-4/h5-12,15-18,22,35-37H,13-14,19-20H2,1-4H3/t22-/m1/s1. The van der Waals surface area contributed by atoms with Crippen LogP contribution < -0.4 is 24.4 Å². The number of hydrogen-bond acceptors (Lipinski definition) is 8. The van der Waals surface area contributed by atoms with Gasteiger partial charge in [-0.3, -0.25) is 0 Å². The molecule has 0 spiro atoms. The van der Waals surface area contributed by atoms with Crippen LogP contribution in [-0.4, -0.2) is 40.4 Å². The van der Waals surface area contributed by atoms with E-state index in [-0.39, 0.29) is 23.3 Å². The van der Waals surface area contributed by atoms with Crippen molar-refractivity contribution in [2.45, 2.75) is 44.3 Å². The highest BCUT2D eigenvalue weighted by molar-refractivity contribution is 7.92. The van der Waals surface area contributed by atoms with Gasteiger partial charge in [0.2, 0.25) is 5.95 Å². The quantitative estimate of drug-likeness (QED) is 0.145. The average molecular weight is 618 g/mol. The molecule has 0 saturated heterocycles. The molecule has 0 bridgehead atoms. The van der Waals surface area contributed by atoms with Crippen LogP contribution in [0.3, 0.4) is 0 Å². The van der Waals surface area contributed by atoms with Gasteiger partial charge in [0, 0.05) is 41.7 Å². The van der Waals surface area contributed by atoms with E-state index in [2.05, 4.69) is 40.7 Å². The van der Waals surface area contributed by atoms with Crippen LogP contribution >= 0.6 is 0 Å². The van der Waals surface area contributed by atoms with Gasteiger partial charge >= 0.3 is 0 Å². The van der Waals surface area contributed by atoms with E-state index in [0.717, 1.165) is 41.7 Å². The van der Waals surface area contributed by atoms with Crippen molar-refractivity contribution in [2.24, 2.45) is 0 Å². The van der Waals surface area contributed by atoms with Crippen LogP contribution in [0.15, 0.2) is 71.6 Å². The van der Waals surface area contributed by atoms with Gasteiger partial charge in [0.05, 0.1) is 25.7 Å². The van der Waals surface area contributed by atoms with Crippen LogP contribution in [0.1, 0.15) is 46.3 Å². The van der Waals surface area contributed by atoms with Gasteiger partial charge in [-0.2, -0.15) is 4.39 Å². The Hall–Kier alpha value is -4.48. The third kappa shape index (κ3) is 6.24. The second-order valence-corrected chi connectivity index (χ2v) is 12.5. The molecule has 1 aliphatic heterocycles. The van der Waals surface area contributed by atoms with Crippen molar-refractivity contribution in [3.8, 4) is 11.5 Å². The van der Waals surface area contributed by atoms with Crippen molar-refractivity contribution < 1.29 is 22.3 Å². The Morgan fingerprint density at radius 3 is 2.64 bits per heavy atom. The van der Waals surface area contributed by atoms with Crippen LogP contribution in [0.4, 0.5) is 15.9 Å². The highest BCUT2D eigenvalue weighted by Gasteiger charge is 2.30. The number of nitrogens with one attached hydrogen (secondary N) is 3. The number of methoxy groups -OCH3 is 2. The van der Waals surface area contributed by atoms with Gasteiger partial charge in [0.25, 0.3) is 10.0 Å². The van der Waals surface area contributed by atoms with E-state index in [1.807, 2.05) is 0 Å². The number of aryl methyl sites for hydroxylation is 1. The van der Waals surface area contributed by atoms with Crippen molar-refractivity contribution >= 4 is 27.7 Å². The fourth-order valence-electron chi connectivity index (χ4n) is 5.57. The summed E-state index contributed by atoms with van der Waals surface area (Å²) < 4.78 is 54.9. The minimum Gasteiger partial charge on any atom is -0.497 e. The Labute approximate surface area is 257 Å². The molecule has 0 aliphatic carbocycles. The van der Waals surface area contributed by atoms with E-state index in [9.17, 15) is 12.8 Å². The normalized spacial score (nSPS) is 13.5. The smallest absolute Gasteiger partial charge is 0.266 e. The molecule has 1 aliphatic rings. The average Bonchev–Trinajstić information content (AvgIpc) is 3.03. The lowest BCUT2D eigenvalue weighted by atomic mass is 9.92. The largest absolute Gasteiger partial charge is 0.497 e. The molecule has 4 aromatic rings. The molecule has 1 aromatic heterocycles. The van der Waals surface area contributed by atoms with E-state index in [1.165, 1.54) is 43.5 Å². The predicted octanol–water partition coefficient (Wildman–Crippen LogP) is 5.76. The molecule has 11 heteroatoms. The topological polar surface area (TPSA) is 117 Å². The summed E-state index contributed by atoms with van der Waals surface area (Å²) in [6, 6.07) is 18.5. The monoisotopic (exact) mass is 617 g/mol. The lowest BCUT2D eigenvalue weighted by Gasteiger charge is -2.27. The Morgan fingerprint density at radius 1 is 1.11 bits per heavy atom. The summed E-state index contributed by atoms with van der Waals surface area (Å²) >= 11 is 0. The van der Waals surface area contributed by atoms with E-state index < -0.39 is 16.0 Å². The van der Waals surface area contributed by atoms with Gasteiger partial charge in [-0.15, -0.1) is 0 Å². The molecule has 9 nitrogen and oxygen atoms in total. The van der Waals surface area contributed by atoms with Crippen molar-refractivity contribution in [3.05, 3.63) is 106 Å². The maximum absolute atomic E-state index is 14.4. The highest BCUT2D eigenvalue weighted by atomic mass is 32.2. The first kappa shape index (κ1) is 31.0. The second-order valence-electron chi connectivity index (χ2n) is 10.6. The summed E-state index contributed by atoms with van der Waals surface area (Å²) in [7, 11) is -1.30. The number of aromatic nitrogens is 1. The van der Waals surface area contributed by atoms with Gasteiger partial charge in [-0.05, 0) is 85.5 Å². The zero-order valence-electron chi connectivity index (χ0n) is 25.1. The third-order valence-corrected chi connectivity index (χ3v) is 9.75. The summed E-state index contributed by atoms with van der Waals surface area (Å²) in [6.07, 6.45) is 2.10. The lowest BCUT2D eigenvalue weighted by Crippen LogP contribution is -2.32. The number of nitrogens with zero attached hydrogens (tertiary/aromatic N) is 2. The minimum absolute atomic E-state index is 0.0194. The molecule has 44 heavy (non-hydrogen) atoms. The van der Waals surface area contributed by atoms with Crippen LogP contribution in [-0.2, 0) is 29.5 Å². The molecule has 3 N–H and O–H groups in total. The number of benzene rings is 3. The molecule has 0 radical (unpaired) electrons. The van der Waals surface area contributed by atoms with Crippen LogP contribution in [0, 0.1) is 18.3 Å². The number of fused-ring (bicyclic) bond motifs is 1. The molecule has 0 unspecified atom stereocenters. The van der Waals surface area contributed by atoms with Gasteiger partial charge in [0.15, 0.2) is 0 Å². The molecule has 2 heterocycles. The van der Waals surface area contributed by atoms with Crippen LogP contribution in [0.2, 0.25) is 0 Å². The van der Waals surface area contributed by atoms with E-state index in [1.54, 1.807) is 31.2 Å². The number of halogens is 1. The molecule has 5 rings (SSSR count). The lowest BCUT2D eigenvalue weighted by molar-refractivity contribution is 0.391. The maximum atomic E-state index is 14.4. The Bertz CT molecular complexity index is 1800. The molecule has 1 atom stereocenters. The van der Waals surface area contributed by atoms with E-state index in [4.69, 9.17) is 14.9 Å². The van der Waals surface area contributed by atoms with Gasteiger partial charge in [0.1, 0.15) is 17.3 Å². The molecular formula is C33H36FN5O4S. The minimum atomic E-state index is -4.30. The summed E-state index contributed by atoms with van der Waals surface area (Å²) in [5.41, 5.74) is 5.76. The number of ether oxygens (including phenoxy) is 2. The van der Waals surface area contributed by atoms with E-state index in [0.29, 0.717) is 33.9 Å². The predicted molar refractivity (Wildman–Crippen MR) is 170 cm³/mol. The van der Waals surface area contributed by atoms with Crippen LogP contribution in [0.5, 0.6) is 11.5 Å². The second kappa shape index (κ2) is 13.0. The van der Waals surface area contributed by atoms with Gasteiger partial charge < -0.3 is 25.5 Å².